The van der Waals surface area contributed by atoms with Gasteiger partial charge in [-0.1, -0.05) is 46.7 Å². The average molecular weight is 343 g/mol. The van der Waals surface area contributed by atoms with Crippen LogP contribution < -0.4 is 5.32 Å². The van der Waals surface area contributed by atoms with E-state index in [0.717, 1.165) is 16.5 Å². The summed E-state index contributed by atoms with van der Waals surface area (Å²) < 4.78 is 1.00. The Balaban J connectivity index is 2.37. The SMILES string of the molecule is C[C@@H]1C[C@@](C)(c2cccc(Br)c2)N=C(NC(=O)O)S1. The monoisotopic (exact) mass is 342 g/mol. The Kier molecular flexibility index (Phi) is 4.20. The first kappa shape index (κ1) is 14.4. The molecule has 102 valence electrons. The summed E-state index contributed by atoms with van der Waals surface area (Å²) in [4.78, 5) is 15.3. The first-order valence-electron chi connectivity index (χ1n) is 5.91. The summed E-state index contributed by atoms with van der Waals surface area (Å²) in [5.74, 6) is 0. The quantitative estimate of drug-likeness (QED) is 0.815. The molecule has 0 unspecified atom stereocenters. The van der Waals surface area contributed by atoms with Crippen LogP contribution in [0.1, 0.15) is 25.8 Å². The first-order chi connectivity index (χ1) is 8.89. The van der Waals surface area contributed by atoms with Crippen molar-refractivity contribution < 1.29 is 9.90 Å². The molecule has 0 spiro atoms. The van der Waals surface area contributed by atoms with Crippen molar-refractivity contribution in [3.8, 4) is 0 Å². The van der Waals surface area contributed by atoms with Gasteiger partial charge in [-0.15, -0.1) is 0 Å². The number of rotatable bonds is 1. The third kappa shape index (κ3) is 3.51. The van der Waals surface area contributed by atoms with Gasteiger partial charge in [0.15, 0.2) is 5.17 Å². The predicted molar refractivity (Wildman–Crippen MR) is 81.8 cm³/mol. The van der Waals surface area contributed by atoms with Gasteiger partial charge in [0, 0.05) is 9.72 Å². The third-order valence-electron chi connectivity index (χ3n) is 3.01. The van der Waals surface area contributed by atoms with Crippen LogP contribution in [-0.4, -0.2) is 21.6 Å². The maximum absolute atomic E-state index is 10.8. The number of amidine groups is 1. The minimum absolute atomic E-state index is 0.309. The van der Waals surface area contributed by atoms with Crippen molar-refractivity contribution in [3.63, 3.8) is 0 Å². The molecule has 1 aromatic rings. The summed E-state index contributed by atoms with van der Waals surface area (Å²) in [5.41, 5.74) is 0.686. The molecule has 0 radical (unpaired) electrons. The Hall–Kier alpha value is -1.01. The number of thioether (sulfide) groups is 1. The number of carboxylic acid groups (broad SMARTS) is 1. The fraction of sp³-hybridized carbons (Fsp3) is 0.385. The molecule has 0 fully saturated rings. The number of nitrogens with one attached hydrogen (secondary N) is 1. The van der Waals surface area contributed by atoms with Crippen molar-refractivity contribution in [2.75, 3.05) is 0 Å². The van der Waals surface area contributed by atoms with Gasteiger partial charge in [-0.25, -0.2) is 4.79 Å². The number of carbonyl (C=O) groups is 1. The lowest BCUT2D eigenvalue weighted by atomic mass is 9.88. The lowest BCUT2D eigenvalue weighted by Crippen LogP contribution is -2.37. The van der Waals surface area contributed by atoms with Gasteiger partial charge in [0.05, 0.1) is 5.54 Å². The molecule has 1 aliphatic rings. The Labute approximate surface area is 124 Å². The molecule has 1 aromatic carbocycles. The normalized spacial score (nSPS) is 26.7. The summed E-state index contributed by atoms with van der Waals surface area (Å²) >= 11 is 4.92. The zero-order chi connectivity index (χ0) is 14.0. The maximum Gasteiger partial charge on any atom is 0.410 e. The van der Waals surface area contributed by atoms with E-state index in [-0.39, 0.29) is 0 Å². The molecule has 0 saturated carbocycles. The van der Waals surface area contributed by atoms with E-state index in [1.165, 1.54) is 11.8 Å². The zero-order valence-electron chi connectivity index (χ0n) is 10.7. The van der Waals surface area contributed by atoms with Gasteiger partial charge in [0.25, 0.3) is 0 Å². The lowest BCUT2D eigenvalue weighted by Gasteiger charge is -2.34. The van der Waals surface area contributed by atoms with Crippen LogP contribution in [0.2, 0.25) is 0 Å². The van der Waals surface area contributed by atoms with Gasteiger partial charge < -0.3 is 5.11 Å². The molecule has 1 aliphatic heterocycles. The molecule has 6 heteroatoms. The zero-order valence-corrected chi connectivity index (χ0v) is 13.1. The molecule has 2 N–H and O–H groups in total. The standard InChI is InChI=1S/C13H15BrN2O2S/c1-8-7-13(2,9-4-3-5-10(14)6-9)16-11(19-8)15-12(17)18/h3-6,8H,7H2,1-2H3,(H,15,16)(H,17,18)/t8-,13+/m1/s1. The molecular formula is C13H15BrN2O2S. The van der Waals surface area contributed by atoms with E-state index in [1.807, 2.05) is 31.2 Å². The highest BCUT2D eigenvalue weighted by molar-refractivity contribution is 9.10. The highest BCUT2D eigenvalue weighted by Gasteiger charge is 2.34. The minimum Gasteiger partial charge on any atom is -0.465 e. The molecular weight excluding hydrogens is 328 g/mol. The Morgan fingerprint density at radius 1 is 1.63 bits per heavy atom. The topological polar surface area (TPSA) is 61.7 Å². The lowest BCUT2D eigenvalue weighted by molar-refractivity contribution is 0.200. The molecule has 4 nitrogen and oxygen atoms in total. The number of benzene rings is 1. The van der Waals surface area contributed by atoms with Crippen LogP contribution in [0.5, 0.6) is 0 Å². The molecule has 2 atom stereocenters. The Morgan fingerprint density at radius 2 is 2.37 bits per heavy atom. The first-order valence-corrected chi connectivity index (χ1v) is 7.59. The molecule has 19 heavy (non-hydrogen) atoms. The van der Waals surface area contributed by atoms with Crippen molar-refractivity contribution in [2.45, 2.75) is 31.1 Å². The van der Waals surface area contributed by atoms with Crippen molar-refractivity contribution in [1.82, 2.24) is 5.32 Å². The second-order valence-corrected chi connectivity index (χ2v) is 7.11. The molecule has 0 saturated heterocycles. The summed E-state index contributed by atoms with van der Waals surface area (Å²) in [6.45, 7) is 4.12. The Morgan fingerprint density at radius 3 is 3.00 bits per heavy atom. The van der Waals surface area contributed by atoms with Gasteiger partial charge in [0.2, 0.25) is 0 Å². The van der Waals surface area contributed by atoms with Gasteiger partial charge >= 0.3 is 6.09 Å². The van der Waals surface area contributed by atoms with Crippen LogP contribution in [-0.2, 0) is 5.54 Å². The van der Waals surface area contributed by atoms with Gasteiger partial charge in [-0.3, -0.25) is 10.3 Å². The highest BCUT2D eigenvalue weighted by atomic mass is 79.9. The maximum atomic E-state index is 10.8. The van der Waals surface area contributed by atoms with Crippen LogP contribution in [0.25, 0.3) is 0 Å². The summed E-state index contributed by atoms with van der Waals surface area (Å²) in [7, 11) is 0. The summed E-state index contributed by atoms with van der Waals surface area (Å²) in [5, 5.41) is 12.0. The van der Waals surface area contributed by atoms with Crippen LogP contribution in [0, 0.1) is 0 Å². The van der Waals surface area contributed by atoms with Crippen LogP contribution in [0.15, 0.2) is 33.7 Å². The van der Waals surface area contributed by atoms with Gasteiger partial charge in [-0.2, -0.15) is 0 Å². The fourth-order valence-corrected chi connectivity index (χ4v) is 3.83. The molecule has 1 amide bonds. The minimum atomic E-state index is -1.07. The molecule has 2 rings (SSSR count). The van der Waals surface area contributed by atoms with E-state index in [0.29, 0.717) is 10.4 Å². The average Bonchev–Trinajstić information content (AvgIpc) is 2.26. The fourth-order valence-electron chi connectivity index (χ4n) is 2.24. The van der Waals surface area contributed by atoms with Crippen molar-refractivity contribution in [3.05, 3.63) is 34.3 Å². The van der Waals surface area contributed by atoms with E-state index in [4.69, 9.17) is 5.11 Å². The van der Waals surface area contributed by atoms with Crippen molar-refractivity contribution in [2.24, 2.45) is 4.99 Å². The van der Waals surface area contributed by atoms with Crippen LogP contribution in [0.4, 0.5) is 4.79 Å². The molecule has 0 bridgehead atoms. The van der Waals surface area contributed by atoms with Crippen LogP contribution in [0.3, 0.4) is 0 Å². The molecule has 1 heterocycles. The third-order valence-corrected chi connectivity index (χ3v) is 4.49. The molecule has 0 aliphatic carbocycles. The number of hydrogen-bond donors (Lipinski definition) is 2. The van der Waals surface area contributed by atoms with E-state index in [2.05, 4.69) is 33.2 Å². The van der Waals surface area contributed by atoms with Crippen molar-refractivity contribution in [1.29, 1.82) is 0 Å². The Bertz CT molecular complexity index is 535. The van der Waals surface area contributed by atoms with Gasteiger partial charge in [0.1, 0.15) is 0 Å². The highest BCUT2D eigenvalue weighted by Crippen LogP contribution is 2.39. The summed E-state index contributed by atoms with van der Waals surface area (Å²) in [6.07, 6.45) is -0.198. The van der Waals surface area contributed by atoms with E-state index < -0.39 is 11.6 Å². The van der Waals surface area contributed by atoms with Crippen molar-refractivity contribution >= 4 is 39.0 Å². The predicted octanol–water partition coefficient (Wildman–Crippen LogP) is 3.81. The summed E-state index contributed by atoms with van der Waals surface area (Å²) in [6, 6.07) is 7.99. The van der Waals surface area contributed by atoms with Gasteiger partial charge in [-0.05, 0) is 31.0 Å². The smallest absolute Gasteiger partial charge is 0.410 e. The second-order valence-electron chi connectivity index (χ2n) is 4.76. The number of nitrogens with zero attached hydrogens (tertiary/aromatic N) is 1. The van der Waals surface area contributed by atoms with E-state index >= 15 is 0 Å². The van der Waals surface area contributed by atoms with E-state index in [1.54, 1.807) is 0 Å². The number of halogens is 1. The molecule has 0 aromatic heterocycles. The number of amides is 1. The van der Waals surface area contributed by atoms with E-state index in [9.17, 15) is 4.79 Å². The second kappa shape index (κ2) is 5.54. The number of hydrogen-bond acceptors (Lipinski definition) is 3. The van der Waals surface area contributed by atoms with Crippen LogP contribution >= 0.6 is 27.7 Å². The largest absolute Gasteiger partial charge is 0.465 e. The number of aliphatic imine (C=N–C) groups is 1.